The SMILES string of the molecule is Cc1cccc(OCCCC(=O)Nc2cccc(C(=O)N3CCCCC3)c2)c1. The first-order valence-corrected chi connectivity index (χ1v) is 10.0. The molecule has 0 bridgehead atoms. The van der Waals surface area contributed by atoms with Gasteiger partial charge in [0.15, 0.2) is 0 Å². The number of aryl methyl sites for hydroxylation is 1. The summed E-state index contributed by atoms with van der Waals surface area (Å²) < 4.78 is 5.68. The Morgan fingerprint density at radius 1 is 1.04 bits per heavy atom. The number of nitrogens with one attached hydrogen (secondary N) is 1. The fourth-order valence-corrected chi connectivity index (χ4v) is 3.36. The molecule has 1 fully saturated rings. The van der Waals surface area contributed by atoms with Crippen molar-refractivity contribution in [2.45, 2.75) is 39.0 Å². The molecule has 5 heteroatoms. The van der Waals surface area contributed by atoms with Gasteiger partial charge in [-0.2, -0.15) is 0 Å². The molecule has 148 valence electrons. The molecular formula is C23H28N2O3. The molecular weight excluding hydrogens is 352 g/mol. The van der Waals surface area contributed by atoms with E-state index in [-0.39, 0.29) is 11.8 Å². The van der Waals surface area contributed by atoms with E-state index >= 15 is 0 Å². The van der Waals surface area contributed by atoms with Crippen molar-refractivity contribution in [1.82, 2.24) is 4.90 Å². The molecule has 0 unspecified atom stereocenters. The van der Waals surface area contributed by atoms with Gasteiger partial charge in [0.1, 0.15) is 5.75 Å². The van der Waals surface area contributed by atoms with Crippen molar-refractivity contribution in [2.24, 2.45) is 0 Å². The van der Waals surface area contributed by atoms with E-state index in [0.29, 0.717) is 30.7 Å². The monoisotopic (exact) mass is 380 g/mol. The van der Waals surface area contributed by atoms with Crippen LogP contribution in [0.5, 0.6) is 5.75 Å². The third-order valence-corrected chi connectivity index (χ3v) is 4.84. The summed E-state index contributed by atoms with van der Waals surface area (Å²) in [6.07, 6.45) is 4.31. The highest BCUT2D eigenvalue weighted by Crippen LogP contribution is 2.17. The number of nitrogens with zero attached hydrogens (tertiary/aromatic N) is 1. The van der Waals surface area contributed by atoms with Crippen molar-refractivity contribution in [2.75, 3.05) is 25.0 Å². The molecule has 0 radical (unpaired) electrons. The number of amides is 2. The van der Waals surface area contributed by atoms with Gasteiger partial charge in [0.25, 0.3) is 5.91 Å². The molecule has 0 atom stereocenters. The van der Waals surface area contributed by atoms with E-state index in [2.05, 4.69) is 5.32 Å². The lowest BCUT2D eigenvalue weighted by Crippen LogP contribution is -2.35. The normalized spacial score (nSPS) is 13.8. The predicted molar refractivity (Wildman–Crippen MR) is 111 cm³/mol. The third-order valence-electron chi connectivity index (χ3n) is 4.84. The lowest BCUT2D eigenvalue weighted by Gasteiger charge is -2.26. The van der Waals surface area contributed by atoms with Gasteiger partial charge in [-0.25, -0.2) is 0 Å². The van der Waals surface area contributed by atoms with Gasteiger partial charge >= 0.3 is 0 Å². The molecule has 5 nitrogen and oxygen atoms in total. The van der Waals surface area contributed by atoms with Crippen LogP contribution in [-0.2, 0) is 4.79 Å². The molecule has 1 aliphatic rings. The predicted octanol–water partition coefficient (Wildman–Crippen LogP) is 4.42. The van der Waals surface area contributed by atoms with E-state index in [0.717, 1.165) is 37.2 Å². The summed E-state index contributed by atoms with van der Waals surface area (Å²) in [5.74, 6) is 0.794. The van der Waals surface area contributed by atoms with Crippen molar-refractivity contribution in [1.29, 1.82) is 0 Å². The van der Waals surface area contributed by atoms with Gasteiger partial charge in [-0.1, -0.05) is 18.2 Å². The Kier molecular flexibility index (Phi) is 7.06. The molecule has 0 aliphatic carbocycles. The smallest absolute Gasteiger partial charge is 0.253 e. The number of carbonyl (C=O) groups excluding carboxylic acids is 2. The maximum absolute atomic E-state index is 12.6. The second-order valence-corrected chi connectivity index (χ2v) is 7.25. The summed E-state index contributed by atoms with van der Waals surface area (Å²) in [5.41, 5.74) is 2.43. The minimum absolute atomic E-state index is 0.0438. The van der Waals surface area contributed by atoms with Crippen LogP contribution in [0.1, 0.15) is 48.0 Å². The fraction of sp³-hybridized carbons (Fsp3) is 0.391. The Hall–Kier alpha value is -2.82. The molecule has 2 aromatic carbocycles. The number of hydrogen-bond acceptors (Lipinski definition) is 3. The van der Waals surface area contributed by atoms with Crippen LogP contribution in [0, 0.1) is 6.92 Å². The number of likely N-dealkylation sites (tertiary alicyclic amines) is 1. The van der Waals surface area contributed by atoms with Gasteiger partial charge in [0.2, 0.25) is 5.91 Å². The quantitative estimate of drug-likeness (QED) is 0.724. The number of rotatable bonds is 7. The maximum Gasteiger partial charge on any atom is 0.253 e. The van der Waals surface area contributed by atoms with Crippen LogP contribution in [0.25, 0.3) is 0 Å². The van der Waals surface area contributed by atoms with E-state index < -0.39 is 0 Å². The van der Waals surface area contributed by atoms with E-state index in [1.807, 2.05) is 54.3 Å². The summed E-state index contributed by atoms with van der Waals surface area (Å²) in [7, 11) is 0. The van der Waals surface area contributed by atoms with Crippen molar-refractivity contribution in [3.63, 3.8) is 0 Å². The van der Waals surface area contributed by atoms with E-state index in [9.17, 15) is 9.59 Å². The molecule has 3 rings (SSSR count). The van der Waals surface area contributed by atoms with Crippen molar-refractivity contribution >= 4 is 17.5 Å². The van der Waals surface area contributed by atoms with Gasteiger partial charge in [-0.3, -0.25) is 9.59 Å². The second-order valence-electron chi connectivity index (χ2n) is 7.25. The van der Waals surface area contributed by atoms with Gasteiger partial charge < -0.3 is 15.0 Å². The first-order valence-electron chi connectivity index (χ1n) is 10.0. The highest BCUT2D eigenvalue weighted by Gasteiger charge is 2.18. The number of carbonyl (C=O) groups is 2. The number of piperidine rings is 1. The zero-order valence-corrected chi connectivity index (χ0v) is 16.4. The lowest BCUT2D eigenvalue weighted by molar-refractivity contribution is -0.116. The minimum Gasteiger partial charge on any atom is -0.494 e. The largest absolute Gasteiger partial charge is 0.494 e. The van der Waals surface area contributed by atoms with Gasteiger partial charge in [-0.05, 0) is 68.5 Å². The third kappa shape index (κ3) is 5.84. The Balaban J connectivity index is 1.45. The topological polar surface area (TPSA) is 58.6 Å². The number of benzene rings is 2. The average molecular weight is 380 g/mol. The summed E-state index contributed by atoms with van der Waals surface area (Å²) >= 11 is 0. The molecule has 2 aromatic rings. The first kappa shape index (κ1) is 19.9. The molecule has 2 amide bonds. The lowest BCUT2D eigenvalue weighted by atomic mass is 10.1. The van der Waals surface area contributed by atoms with E-state index in [4.69, 9.17) is 4.74 Å². The van der Waals surface area contributed by atoms with Crippen molar-refractivity contribution < 1.29 is 14.3 Å². The van der Waals surface area contributed by atoms with Gasteiger partial charge in [0, 0.05) is 30.8 Å². The van der Waals surface area contributed by atoms with Crippen molar-refractivity contribution in [3.8, 4) is 5.75 Å². The first-order chi connectivity index (χ1) is 13.6. The van der Waals surface area contributed by atoms with Crippen molar-refractivity contribution in [3.05, 3.63) is 59.7 Å². The van der Waals surface area contributed by atoms with Crippen LogP contribution < -0.4 is 10.1 Å². The van der Waals surface area contributed by atoms with Crippen LogP contribution in [0.3, 0.4) is 0 Å². The molecule has 28 heavy (non-hydrogen) atoms. The van der Waals surface area contributed by atoms with Crippen LogP contribution in [0.15, 0.2) is 48.5 Å². The molecule has 1 aliphatic heterocycles. The van der Waals surface area contributed by atoms with Crippen LogP contribution in [-0.4, -0.2) is 36.4 Å². The summed E-state index contributed by atoms with van der Waals surface area (Å²) in [4.78, 5) is 26.7. The van der Waals surface area contributed by atoms with Gasteiger partial charge in [-0.15, -0.1) is 0 Å². The Morgan fingerprint density at radius 2 is 1.82 bits per heavy atom. The molecule has 1 heterocycles. The van der Waals surface area contributed by atoms with E-state index in [1.165, 1.54) is 6.42 Å². The molecule has 0 spiro atoms. The summed E-state index contributed by atoms with van der Waals surface area (Å²) in [6.45, 7) is 4.14. The maximum atomic E-state index is 12.6. The summed E-state index contributed by atoms with van der Waals surface area (Å²) in [5, 5.41) is 2.88. The fourth-order valence-electron chi connectivity index (χ4n) is 3.36. The Bertz CT molecular complexity index is 813. The second kappa shape index (κ2) is 9.93. The minimum atomic E-state index is -0.0737. The standard InChI is InChI=1S/C23H28N2O3/c1-18-8-5-11-21(16-18)28-15-7-12-22(26)24-20-10-6-9-19(17-20)23(27)25-13-3-2-4-14-25/h5-6,8-11,16-17H,2-4,7,12-15H2,1H3,(H,24,26). The van der Waals surface area contributed by atoms with Crippen LogP contribution >= 0.6 is 0 Å². The highest BCUT2D eigenvalue weighted by molar-refractivity contribution is 5.97. The number of anilines is 1. The molecule has 0 aromatic heterocycles. The average Bonchev–Trinajstić information content (AvgIpc) is 2.71. The van der Waals surface area contributed by atoms with Crippen LogP contribution in [0.2, 0.25) is 0 Å². The molecule has 1 saturated heterocycles. The van der Waals surface area contributed by atoms with E-state index in [1.54, 1.807) is 6.07 Å². The molecule has 0 saturated carbocycles. The zero-order valence-electron chi connectivity index (χ0n) is 16.4. The van der Waals surface area contributed by atoms with Crippen LogP contribution in [0.4, 0.5) is 5.69 Å². The number of hydrogen-bond donors (Lipinski definition) is 1. The summed E-state index contributed by atoms with van der Waals surface area (Å²) in [6, 6.07) is 15.1. The molecule has 1 N–H and O–H groups in total. The zero-order chi connectivity index (χ0) is 19.8. The Morgan fingerprint density at radius 3 is 2.61 bits per heavy atom. The highest BCUT2D eigenvalue weighted by atomic mass is 16.5. The van der Waals surface area contributed by atoms with Gasteiger partial charge in [0.05, 0.1) is 6.61 Å². The Labute approximate surface area is 166 Å². The number of ether oxygens (including phenoxy) is 1.